The minimum Gasteiger partial charge on any atom is -0.344 e. The number of carbonyl (C=O) groups is 1. The summed E-state index contributed by atoms with van der Waals surface area (Å²) in [6, 6.07) is 2.56. The van der Waals surface area contributed by atoms with Crippen LogP contribution in [-0.4, -0.2) is 70.9 Å². The molecule has 1 aromatic heterocycles. The summed E-state index contributed by atoms with van der Waals surface area (Å²) < 4.78 is 37.8. The van der Waals surface area contributed by atoms with E-state index in [2.05, 4.69) is 14.8 Å². The molecule has 1 aliphatic heterocycles. The fourth-order valence-corrected chi connectivity index (χ4v) is 3.84. The molecular weight excluding hydrogens is 357 g/mol. The Labute approximate surface area is 158 Å². The molecule has 2 aliphatic rings. The molecule has 0 aromatic carbocycles. The first-order valence-corrected chi connectivity index (χ1v) is 9.47. The van der Waals surface area contributed by atoms with Gasteiger partial charge in [0.1, 0.15) is 5.69 Å². The van der Waals surface area contributed by atoms with E-state index in [-0.39, 0.29) is 11.4 Å². The van der Waals surface area contributed by atoms with Crippen molar-refractivity contribution >= 4 is 5.91 Å². The lowest BCUT2D eigenvalue weighted by molar-refractivity contribution is -0.141. The zero-order valence-corrected chi connectivity index (χ0v) is 15.9. The fraction of sp³-hybridized carbons (Fsp3) is 0.684. The maximum absolute atomic E-state index is 12.6. The minimum absolute atomic E-state index is 0.127. The van der Waals surface area contributed by atoms with E-state index in [1.807, 2.05) is 18.9 Å². The van der Waals surface area contributed by atoms with Crippen molar-refractivity contribution in [1.82, 2.24) is 19.7 Å². The highest BCUT2D eigenvalue weighted by atomic mass is 19.4. The Morgan fingerprint density at radius 2 is 1.89 bits per heavy atom. The quantitative estimate of drug-likeness (QED) is 0.756. The summed E-state index contributed by atoms with van der Waals surface area (Å²) in [6.45, 7) is 6.85. The van der Waals surface area contributed by atoms with Crippen LogP contribution in [0.3, 0.4) is 0 Å². The molecule has 1 amide bonds. The van der Waals surface area contributed by atoms with Gasteiger partial charge in [0.15, 0.2) is 0 Å². The molecule has 27 heavy (non-hydrogen) atoms. The molecule has 0 unspecified atom stereocenters. The second kappa shape index (κ2) is 7.75. The van der Waals surface area contributed by atoms with Gasteiger partial charge in [0.2, 0.25) is 5.91 Å². The second-order valence-electron chi connectivity index (χ2n) is 7.64. The van der Waals surface area contributed by atoms with Crippen LogP contribution >= 0.6 is 0 Å². The number of hydrogen-bond acceptors (Lipinski definition) is 4. The molecule has 0 bridgehead atoms. The second-order valence-corrected chi connectivity index (χ2v) is 7.64. The van der Waals surface area contributed by atoms with Gasteiger partial charge in [-0.1, -0.05) is 13.0 Å². The van der Waals surface area contributed by atoms with Crippen LogP contribution in [-0.2, 0) is 17.5 Å². The van der Waals surface area contributed by atoms with E-state index in [4.69, 9.17) is 0 Å². The first-order valence-electron chi connectivity index (χ1n) is 9.47. The molecule has 0 atom stereocenters. The molecule has 0 radical (unpaired) electrons. The number of halogens is 3. The first kappa shape index (κ1) is 20.1. The van der Waals surface area contributed by atoms with Gasteiger partial charge in [-0.05, 0) is 24.5 Å². The molecule has 8 heteroatoms. The molecule has 2 heterocycles. The summed E-state index contributed by atoms with van der Waals surface area (Å²) in [5, 5.41) is 0. The third kappa shape index (κ3) is 4.79. The third-order valence-electron chi connectivity index (χ3n) is 5.65. The third-order valence-corrected chi connectivity index (χ3v) is 5.65. The zero-order chi connectivity index (χ0) is 19.7. The van der Waals surface area contributed by atoms with Crippen LogP contribution in [0, 0.1) is 0 Å². The maximum atomic E-state index is 12.6. The molecule has 150 valence electrons. The van der Waals surface area contributed by atoms with E-state index in [0.717, 1.165) is 57.2 Å². The smallest absolute Gasteiger partial charge is 0.344 e. The van der Waals surface area contributed by atoms with Crippen LogP contribution in [0.5, 0.6) is 0 Å². The van der Waals surface area contributed by atoms with Crippen molar-refractivity contribution in [3.8, 4) is 0 Å². The Morgan fingerprint density at radius 3 is 2.37 bits per heavy atom. The summed E-state index contributed by atoms with van der Waals surface area (Å²) in [6.07, 6.45) is -0.298. The highest BCUT2D eigenvalue weighted by Gasteiger charge is 2.49. The number of nitrogens with zero attached hydrogens (tertiary/aromatic N) is 4. The van der Waals surface area contributed by atoms with Gasteiger partial charge in [0, 0.05) is 64.5 Å². The summed E-state index contributed by atoms with van der Waals surface area (Å²) >= 11 is 0. The molecule has 1 saturated heterocycles. The highest BCUT2D eigenvalue weighted by Crippen LogP contribution is 2.42. The monoisotopic (exact) mass is 384 g/mol. The van der Waals surface area contributed by atoms with Crippen molar-refractivity contribution in [3.63, 3.8) is 0 Å². The lowest BCUT2D eigenvalue weighted by Crippen LogP contribution is -2.54. The van der Waals surface area contributed by atoms with Crippen LogP contribution < -0.4 is 0 Å². The Kier molecular flexibility index (Phi) is 5.76. The Hall–Kier alpha value is -1.67. The average molecular weight is 384 g/mol. The van der Waals surface area contributed by atoms with E-state index < -0.39 is 11.9 Å². The zero-order valence-electron chi connectivity index (χ0n) is 15.9. The molecule has 1 aliphatic carbocycles. The van der Waals surface area contributed by atoms with Crippen molar-refractivity contribution in [2.24, 2.45) is 0 Å². The van der Waals surface area contributed by atoms with Gasteiger partial charge in [-0.25, -0.2) is 0 Å². The Morgan fingerprint density at radius 1 is 1.22 bits per heavy atom. The largest absolute Gasteiger partial charge is 0.433 e. The lowest BCUT2D eigenvalue weighted by atomic mass is 10.1. The van der Waals surface area contributed by atoms with Crippen molar-refractivity contribution < 1.29 is 18.0 Å². The van der Waals surface area contributed by atoms with E-state index in [9.17, 15) is 18.0 Å². The number of rotatable bonds is 6. The average Bonchev–Trinajstić information content (AvgIpc) is 3.42. The number of aromatic nitrogens is 1. The molecule has 0 spiro atoms. The number of hydrogen-bond donors (Lipinski definition) is 0. The van der Waals surface area contributed by atoms with Gasteiger partial charge in [-0.3, -0.25) is 19.6 Å². The number of pyridine rings is 1. The summed E-state index contributed by atoms with van der Waals surface area (Å²) in [4.78, 5) is 22.0. The number of likely N-dealkylation sites (N-methyl/N-ethyl adjacent to an activating group) is 1. The number of alkyl halides is 3. The van der Waals surface area contributed by atoms with Crippen molar-refractivity contribution in [2.75, 3.05) is 39.8 Å². The van der Waals surface area contributed by atoms with E-state index >= 15 is 0 Å². The van der Waals surface area contributed by atoms with Crippen LogP contribution in [0.1, 0.15) is 37.4 Å². The first-order chi connectivity index (χ1) is 12.7. The van der Waals surface area contributed by atoms with E-state index in [0.29, 0.717) is 13.0 Å². The Balaban J connectivity index is 1.50. The SMILES string of the molecule is CCC(=O)N(C)CC1(N2CCN(Cc3ccc(C(F)(F)F)nc3)CC2)CC1. The van der Waals surface area contributed by atoms with Crippen molar-refractivity contribution in [2.45, 2.75) is 44.4 Å². The predicted octanol–water partition coefficient (Wildman–Crippen LogP) is 2.62. The topological polar surface area (TPSA) is 39.7 Å². The maximum Gasteiger partial charge on any atom is 0.433 e. The molecule has 1 saturated carbocycles. The van der Waals surface area contributed by atoms with Gasteiger partial charge < -0.3 is 4.90 Å². The molecule has 5 nitrogen and oxygen atoms in total. The van der Waals surface area contributed by atoms with Gasteiger partial charge in [-0.15, -0.1) is 0 Å². The Bertz CT molecular complexity index is 650. The van der Waals surface area contributed by atoms with Crippen LogP contribution in [0.15, 0.2) is 18.3 Å². The van der Waals surface area contributed by atoms with Crippen LogP contribution in [0.25, 0.3) is 0 Å². The highest BCUT2D eigenvalue weighted by molar-refractivity contribution is 5.75. The molecule has 3 rings (SSSR count). The predicted molar refractivity (Wildman–Crippen MR) is 96.0 cm³/mol. The standard InChI is InChI=1S/C19H27F3N4O/c1-3-17(27)24(2)14-18(6-7-18)26-10-8-25(9-11-26)13-15-4-5-16(23-12-15)19(20,21)22/h4-5,12H,3,6-11,13-14H2,1-2H3. The lowest BCUT2D eigenvalue weighted by Gasteiger charge is -2.41. The molecule has 0 N–H and O–H groups in total. The molecular formula is C19H27F3N4O. The minimum atomic E-state index is -4.39. The number of carbonyl (C=O) groups excluding carboxylic acids is 1. The normalized spacial score (nSPS) is 20.5. The number of piperazine rings is 1. The summed E-state index contributed by atoms with van der Waals surface area (Å²) in [7, 11) is 1.87. The van der Waals surface area contributed by atoms with E-state index in [1.165, 1.54) is 12.3 Å². The van der Waals surface area contributed by atoms with Crippen molar-refractivity contribution in [3.05, 3.63) is 29.6 Å². The van der Waals surface area contributed by atoms with E-state index in [1.54, 1.807) is 0 Å². The van der Waals surface area contributed by atoms with Gasteiger partial charge in [-0.2, -0.15) is 13.2 Å². The van der Waals surface area contributed by atoms with Gasteiger partial charge >= 0.3 is 6.18 Å². The fourth-order valence-electron chi connectivity index (χ4n) is 3.84. The summed E-state index contributed by atoms with van der Waals surface area (Å²) in [5.41, 5.74) is 0.0741. The van der Waals surface area contributed by atoms with Crippen molar-refractivity contribution in [1.29, 1.82) is 0 Å². The van der Waals surface area contributed by atoms with Crippen LogP contribution in [0.2, 0.25) is 0 Å². The number of amides is 1. The molecule has 2 fully saturated rings. The summed E-state index contributed by atoms with van der Waals surface area (Å²) in [5.74, 6) is 0.176. The molecule has 1 aromatic rings. The van der Waals surface area contributed by atoms with Crippen LogP contribution in [0.4, 0.5) is 13.2 Å². The van der Waals surface area contributed by atoms with Gasteiger partial charge in [0.05, 0.1) is 0 Å². The van der Waals surface area contributed by atoms with Gasteiger partial charge in [0.25, 0.3) is 0 Å².